The molecule has 2 rings (SSSR count). The smallest absolute Gasteiger partial charge is 0.220 e. The summed E-state index contributed by atoms with van der Waals surface area (Å²) >= 11 is 6.09. The maximum absolute atomic E-state index is 11.5. The van der Waals surface area contributed by atoms with Crippen molar-refractivity contribution in [2.45, 2.75) is 26.2 Å². The Labute approximate surface area is 161 Å². The third-order valence-electron chi connectivity index (χ3n) is 4.45. The van der Waals surface area contributed by atoms with E-state index in [9.17, 15) is 4.79 Å². The van der Waals surface area contributed by atoms with Crippen molar-refractivity contribution >= 4 is 23.5 Å². The number of nitrogens with zero attached hydrogens (tertiary/aromatic N) is 2. The van der Waals surface area contributed by atoms with E-state index in [1.807, 2.05) is 24.3 Å². The Bertz CT molecular complexity index is 601. The van der Waals surface area contributed by atoms with E-state index < -0.39 is 0 Å². The van der Waals surface area contributed by atoms with Gasteiger partial charge in [-0.3, -0.25) is 4.79 Å². The molecule has 0 atom stereocenters. The van der Waals surface area contributed by atoms with Crippen molar-refractivity contribution in [3.05, 3.63) is 29.3 Å². The molecule has 1 aromatic rings. The van der Waals surface area contributed by atoms with E-state index in [1.54, 1.807) is 7.05 Å². The van der Waals surface area contributed by atoms with Crippen LogP contribution in [0.25, 0.3) is 0 Å². The predicted molar refractivity (Wildman–Crippen MR) is 106 cm³/mol. The fourth-order valence-electron chi connectivity index (χ4n) is 3.01. The van der Waals surface area contributed by atoms with E-state index in [1.165, 1.54) is 0 Å². The highest BCUT2D eigenvalue weighted by Crippen LogP contribution is 2.23. The molecular formula is C19H29ClN4O2. The highest BCUT2D eigenvalue weighted by molar-refractivity contribution is 6.32. The molecule has 1 aromatic carbocycles. The minimum Gasteiger partial charge on any atom is -0.490 e. The molecule has 2 N–H and O–H groups in total. The topological polar surface area (TPSA) is 66.0 Å². The van der Waals surface area contributed by atoms with Crippen LogP contribution in [-0.2, 0) is 4.79 Å². The lowest BCUT2D eigenvalue weighted by Gasteiger charge is -2.34. The van der Waals surface area contributed by atoms with Crippen LogP contribution in [0.15, 0.2) is 29.3 Å². The van der Waals surface area contributed by atoms with E-state index in [0.29, 0.717) is 36.3 Å². The Morgan fingerprint density at radius 3 is 2.73 bits per heavy atom. The van der Waals surface area contributed by atoms with Gasteiger partial charge in [-0.05, 0) is 37.8 Å². The highest BCUT2D eigenvalue weighted by atomic mass is 35.5. The average Bonchev–Trinajstić information content (AvgIpc) is 2.66. The number of guanidine groups is 1. The van der Waals surface area contributed by atoms with E-state index in [0.717, 1.165) is 38.4 Å². The van der Waals surface area contributed by atoms with E-state index in [2.05, 4.69) is 27.4 Å². The third-order valence-corrected chi connectivity index (χ3v) is 4.76. The monoisotopic (exact) mass is 380 g/mol. The summed E-state index contributed by atoms with van der Waals surface area (Å²) in [6.45, 7) is 5.76. The molecule has 0 bridgehead atoms. The first-order chi connectivity index (χ1) is 12.6. The summed E-state index contributed by atoms with van der Waals surface area (Å²) in [5.41, 5.74) is 0. The molecule has 26 heavy (non-hydrogen) atoms. The van der Waals surface area contributed by atoms with Gasteiger partial charge in [-0.2, -0.15) is 0 Å². The first-order valence-electron chi connectivity index (χ1n) is 9.25. The number of ether oxygens (including phenoxy) is 1. The molecule has 0 saturated carbocycles. The number of rotatable bonds is 7. The second-order valence-corrected chi connectivity index (χ2v) is 6.73. The Morgan fingerprint density at radius 2 is 2.08 bits per heavy atom. The highest BCUT2D eigenvalue weighted by Gasteiger charge is 2.22. The number of para-hydroxylation sites is 1. The largest absolute Gasteiger partial charge is 0.490 e. The van der Waals surface area contributed by atoms with Crippen LogP contribution in [0.1, 0.15) is 26.2 Å². The minimum atomic E-state index is 0.126. The lowest BCUT2D eigenvalue weighted by molar-refractivity contribution is -0.121. The zero-order valence-corrected chi connectivity index (χ0v) is 16.4. The van der Waals surface area contributed by atoms with Crippen molar-refractivity contribution < 1.29 is 9.53 Å². The molecule has 1 aliphatic rings. The molecule has 0 unspecified atom stereocenters. The maximum Gasteiger partial charge on any atom is 0.220 e. The first-order valence-corrected chi connectivity index (χ1v) is 9.63. The second-order valence-electron chi connectivity index (χ2n) is 6.32. The van der Waals surface area contributed by atoms with Crippen molar-refractivity contribution in [1.82, 2.24) is 15.5 Å². The van der Waals surface area contributed by atoms with E-state index in [-0.39, 0.29) is 5.91 Å². The number of nitrogens with one attached hydrogen (secondary N) is 2. The summed E-state index contributed by atoms with van der Waals surface area (Å²) in [7, 11) is 1.69. The standard InChI is InChI=1S/C19H29ClN4O2/c1-3-22-19(23-10-13-26-17-7-5-4-6-16(17)20)24-11-8-15(9-12-24)14-18(25)21-2/h4-7,15H,3,8-14H2,1-2H3,(H,21,25)(H,22,23). The molecule has 0 aliphatic carbocycles. The van der Waals surface area contributed by atoms with Gasteiger partial charge in [-0.25, -0.2) is 4.99 Å². The summed E-state index contributed by atoms with van der Waals surface area (Å²) in [5, 5.41) is 6.66. The Balaban J connectivity index is 1.81. The zero-order chi connectivity index (χ0) is 18.8. The number of benzene rings is 1. The number of hydrogen-bond acceptors (Lipinski definition) is 3. The summed E-state index contributed by atoms with van der Waals surface area (Å²) in [6.07, 6.45) is 2.63. The van der Waals surface area contributed by atoms with Crippen molar-refractivity contribution in [2.75, 3.05) is 39.8 Å². The summed E-state index contributed by atoms with van der Waals surface area (Å²) in [6, 6.07) is 7.45. The number of piperidine rings is 1. The van der Waals surface area contributed by atoms with Gasteiger partial charge in [0, 0.05) is 33.1 Å². The minimum absolute atomic E-state index is 0.126. The molecule has 1 heterocycles. The number of aliphatic imine (C=N–C) groups is 1. The Morgan fingerprint density at radius 1 is 1.35 bits per heavy atom. The molecule has 1 saturated heterocycles. The first kappa shape index (κ1) is 20.4. The van der Waals surface area contributed by atoms with Gasteiger partial charge in [0.25, 0.3) is 0 Å². The van der Waals surface area contributed by atoms with Gasteiger partial charge in [0.05, 0.1) is 11.6 Å². The normalized spacial score (nSPS) is 15.7. The fraction of sp³-hybridized carbons (Fsp3) is 0.579. The van der Waals surface area contributed by atoms with Crippen molar-refractivity contribution in [1.29, 1.82) is 0 Å². The number of carbonyl (C=O) groups excluding carboxylic acids is 1. The SMILES string of the molecule is CCNC(=NCCOc1ccccc1Cl)N1CCC(CC(=O)NC)CC1. The Hall–Kier alpha value is -1.95. The van der Waals surface area contributed by atoms with Crippen molar-refractivity contribution in [2.24, 2.45) is 10.9 Å². The quantitative estimate of drug-likeness (QED) is 0.433. The second kappa shape index (κ2) is 10.9. The summed E-state index contributed by atoms with van der Waals surface area (Å²) in [4.78, 5) is 18.5. The number of carbonyl (C=O) groups is 1. The number of halogens is 1. The van der Waals surface area contributed by atoms with E-state index >= 15 is 0 Å². The molecule has 1 aliphatic heterocycles. The van der Waals surface area contributed by atoms with Gasteiger partial charge in [0.1, 0.15) is 12.4 Å². The van der Waals surface area contributed by atoms with Crippen LogP contribution in [-0.4, -0.2) is 56.6 Å². The predicted octanol–water partition coefficient (Wildman–Crippen LogP) is 2.53. The van der Waals surface area contributed by atoms with Crippen LogP contribution in [0.3, 0.4) is 0 Å². The van der Waals surface area contributed by atoms with Crippen LogP contribution in [0.2, 0.25) is 5.02 Å². The molecular weight excluding hydrogens is 352 g/mol. The number of likely N-dealkylation sites (tertiary alicyclic amines) is 1. The molecule has 1 fully saturated rings. The van der Waals surface area contributed by atoms with Gasteiger partial charge in [0.15, 0.2) is 5.96 Å². The average molecular weight is 381 g/mol. The van der Waals surface area contributed by atoms with Crippen LogP contribution >= 0.6 is 11.6 Å². The lowest BCUT2D eigenvalue weighted by Crippen LogP contribution is -2.46. The molecule has 0 aromatic heterocycles. The molecule has 1 amide bonds. The number of amides is 1. The van der Waals surface area contributed by atoms with Crippen LogP contribution < -0.4 is 15.4 Å². The third kappa shape index (κ3) is 6.41. The zero-order valence-electron chi connectivity index (χ0n) is 15.6. The van der Waals surface area contributed by atoms with Gasteiger partial charge in [-0.15, -0.1) is 0 Å². The summed E-state index contributed by atoms with van der Waals surface area (Å²) < 4.78 is 5.70. The number of hydrogen-bond donors (Lipinski definition) is 2. The molecule has 0 spiro atoms. The lowest BCUT2D eigenvalue weighted by atomic mass is 9.93. The van der Waals surface area contributed by atoms with Crippen LogP contribution in [0.5, 0.6) is 5.75 Å². The maximum atomic E-state index is 11.5. The van der Waals surface area contributed by atoms with Gasteiger partial charge < -0.3 is 20.3 Å². The molecule has 7 heteroatoms. The fourth-order valence-corrected chi connectivity index (χ4v) is 3.20. The molecule has 144 valence electrons. The molecule has 6 nitrogen and oxygen atoms in total. The van der Waals surface area contributed by atoms with Gasteiger partial charge in [-0.1, -0.05) is 23.7 Å². The van der Waals surface area contributed by atoms with E-state index in [4.69, 9.17) is 16.3 Å². The Kier molecular flexibility index (Phi) is 8.54. The van der Waals surface area contributed by atoms with Crippen LogP contribution in [0, 0.1) is 5.92 Å². The van der Waals surface area contributed by atoms with Crippen LogP contribution in [0.4, 0.5) is 0 Å². The van der Waals surface area contributed by atoms with Crippen molar-refractivity contribution in [3.8, 4) is 5.75 Å². The van der Waals surface area contributed by atoms with Gasteiger partial charge >= 0.3 is 0 Å². The van der Waals surface area contributed by atoms with Gasteiger partial charge in [0.2, 0.25) is 5.91 Å². The van der Waals surface area contributed by atoms with Crippen molar-refractivity contribution in [3.63, 3.8) is 0 Å². The molecule has 0 radical (unpaired) electrons. The summed E-state index contributed by atoms with van der Waals surface area (Å²) in [5.74, 6) is 2.18.